The average molecular weight is 423 g/mol. The van der Waals surface area contributed by atoms with Gasteiger partial charge in [0.05, 0.1) is 13.2 Å². The van der Waals surface area contributed by atoms with Gasteiger partial charge in [0.25, 0.3) is 0 Å². The monoisotopic (exact) mass is 423 g/mol. The molecule has 1 heterocycles. The Morgan fingerprint density at radius 3 is 2.52 bits per heavy atom. The predicted molar refractivity (Wildman–Crippen MR) is 100 cm³/mol. The van der Waals surface area contributed by atoms with E-state index in [1.54, 1.807) is 7.11 Å². The molecule has 0 atom stereocenters. The van der Waals surface area contributed by atoms with Gasteiger partial charge in [0.15, 0.2) is 11.5 Å². The zero-order valence-corrected chi connectivity index (χ0v) is 15.6. The second-order valence-corrected chi connectivity index (χ2v) is 7.14. The van der Waals surface area contributed by atoms with Crippen molar-refractivity contribution in [1.29, 1.82) is 0 Å². The smallest absolute Gasteiger partial charge is 0.161 e. The molecule has 1 aromatic carbocycles. The molecule has 1 saturated carbocycles. The molecule has 0 saturated heterocycles. The third kappa shape index (κ3) is 4.37. The van der Waals surface area contributed by atoms with Crippen LogP contribution in [0.1, 0.15) is 36.8 Å². The van der Waals surface area contributed by atoms with E-state index in [9.17, 15) is 0 Å². The lowest BCUT2D eigenvalue weighted by atomic mass is 10.0. The van der Waals surface area contributed by atoms with Crippen LogP contribution in [0, 0.1) is 3.57 Å². The van der Waals surface area contributed by atoms with Gasteiger partial charge in [0, 0.05) is 16.0 Å². The number of aromatic nitrogens is 1. The maximum Gasteiger partial charge on any atom is 0.161 e. The van der Waals surface area contributed by atoms with E-state index in [1.165, 1.54) is 27.5 Å². The molecule has 23 heavy (non-hydrogen) atoms. The Balaban J connectivity index is 1.76. The highest BCUT2D eigenvalue weighted by Gasteiger charge is 2.19. The van der Waals surface area contributed by atoms with Crippen molar-refractivity contribution >= 4 is 22.6 Å². The van der Waals surface area contributed by atoms with E-state index in [0.717, 1.165) is 37.2 Å². The maximum atomic E-state index is 6.21. The number of pyridine rings is 1. The lowest BCUT2D eigenvalue weighted by Gasteiger charge is -2.18. The van der Waals surface area contributed by atoms with E-state index in [4.69, 9.17) is 9.47 Å². The molecule has 0 radical (unpaired) electrons. The van der Waals surface area contributed by atoms with Crippen LogP contribution in [0.25, 0.3) is 0 Å². The normalized spacial score (nSPS) is 14.9. The summed E-state index contributed by atoms with van der Waals surface area (Å²) in [4.78, 5) is 4.07. The van der Waals surface area contributed by atoms with Crippen LogP contribution >= 0.6 is 22.6 Å². The van der Waals surface area contributed by atoms with Gasteiger partial charge in [-0.05, 0) is 96.5 Å². The Morgan fingerprint density at radius 2 is 1.83 bits per heavy atom. The Morgan fingerprint density at radius 1 is 1.09 bits per heavy atom. The second-order valence-electron chi connectivity index (χ2n) is 5.97. The van der Waals surface area contributed by atoms with Gasteiger partial charge in [-0.3, -0.25) is 4.98 Å². The summed E-state index contributed by atoms with van der Waals surface area (Å²) in [5.74, 6) is 1.73. The van der Waals surface area contributed by atoms with Gasteiger partial charge >= 0.3 is 0 Å². The van der Waals surface area contributed by atoms with Crippen molar-refractivity contribution in [3.8, 4) is 11.5 Å². The summed E-state index contributed by atoms with van der Waals surface area (Å²) in [6.45, 7) is 0. The van der Waals surface area contributed by atoms with Crippen molar-refractivity contribution in [3.05, 3.63) is 51.4 Å². The highest BCUT2D eigenvalue weighted by atomic mass is 127. The Labute approximate surface area is 151 Å². The second kappa shape index (κ2) is 7.99. The molecule has 2 aromatic rings. The number of halogens is 1. The van der Waals surface area contributed by atoms with E-state index in [1.807, 2.05) is 12.4 Å². The molecular weight excluding hydrogens is 401 g/mol. The molecule has 1 aliphatic carbocycles. The molecule has 4 heteroatoms. The fourth-order valence-electron chi connectivity index (χ4n) is 3.03. The molecule has 0 aliphatic heterocycles. The molecule has 1 fully saturated rings. The standard InChI is InChI=1S/C19H22INO2/c1-22-18-13-17(20)15(7-6-14-8-10-21-11-9-14)12-19(18)23-16-4-2-3-5-16/h8-13,16H,2-7H2,1H3. The highest BCUT2D eigenvalue weighted by molar-refractivity contribution is 14.1. The van der Waals surface area contributed by atoms with Gasteiger partial charge in [-0.1, -0.05) is 0 Å². The molecule has 1 aromatic heterocycles. The number of nitrogens with zero attached hydrogens (tertiary/aromatic N) is 1. The van der Waals surface area contributed by atoms with E-state index in [-0.39, 0.29) is 0 Å². The topological polar surface area (TPSA) is 31.4 Å². The zero-order valence-electron chi connectivity index (χ0n) is 13.4. The number of methoxy groups -OCH3 is 1. The van der Waals surface area contributed by atoms with Crippen molar-refractivity contribution in [2.45, 2.75) is 44.6 Å². The Bertz CT molecular complexity index is 639. The first-order chi connectivity index (χ1) is 11.3. The maximum absolute atomic E-state index is 6.21. The van der Waals surface area contributed by atoms with Gasteiger partial charge < -0.3 is 9.47 Å². The number of hydrogen-bond acceptors (Lipinski definition) is 3. The summed E-state index contributed by atoms with van der Waals surface area (Å²) in [5, 5.41) is 0. The minimum absolute atomic E-state index is 0.344. The van der Waals surface area contributed by atoms with E-state index in [2.05, 4.69) is 51.8 Å². The fraction of sp³-hybridized carbons (Fsp3) is 0.421. The van der Waals surface area contributed by atoms with Crippen molar-refractivity contribution in [1.82, 2.24) is 4.98 Å². The first kappa shape index (κ1) is 16.6. The summed E-state index contributed by atoms with van der Waals surface area (Å²) >= 11 is 2.39. The minimum Gasteiger partial charge on any atom is -0.493 e. The van der Waals surface area contributed by atoms with Crippen LogP contribution in [-0.4, -0.2) is 18.2 Å². The van der Waals surface area contributed by atoms with Gasteiger partial charge in [0.1, 0.15) is 0 Å². The van der Waals surface area contributed by atoms with Crippen LogP contribution in [0.15, 0.2) is 36.7 Å². The summed E-state index contributed by atoms with van der Waals surface area (Å²) in [7, 11) is 1.71. The zero-order chi connectivity index (χ0) is 16.1. The fourth-order valence-corrected chi connectivity index (χ4v) is 3.74. The van der Waals surface area contributed by atoms with Crippen LogP contribution in [0.3, 0.4) is 0 Å². The van der Waals surface area contributed by atoms with E-state index < -0.39 is 0 Å². The number of rotatable bonds is 6. The third-order valence-corrected chi connectivity index (χ3v) is 5.37. The third-order valence-electron chi connectivity index (χ3n) is 4.36. The molecular formula is C19H22INO2. The SMILES string of the molecule is COc1cc(I)c(CCc2ccncc2)cc1OC1CCCC1. The number of benzene rings is 1. The molecule has 122 valence electrons. The first-order valence-corrected chi connectivity index (χ1v) is 9.26. The number of hydrogen-bond donors (Lipinski definition) is 0. The van der Waals surface area contributed by atoms with Crippen LogP contribution in [0.5, 0.6) is 11.5 Å². The van der Waals surface area contributed by atoms with Crippen LogP contribution in [0.2, 0.25) is 0 Å². The molecule has 0 bridgehead atoms. The van der Waals surface area contributed by atoms with Crippen molar-refractivity contribution in [2.24, 2.45) is 0 Å². The molecule has 3 rings (SSSR count). The quantitative estimate of drug-likeness (QED) is 0.626. The molecule has 3 nitrogen and oxygen atoms in total. The van der Waals surface area contributed by atoms with E-state index in [0.29, 0.717) is 6.10 Å². The molecule has 1 aliphatic rings. The summed E-state index contributed by atoms with van der Waals surface area (Å²) < 4.78 is 13.0. The minimum atomic E-state index is 0.344. The van der Waals surface area contributed by atoms with E-state index >= 15 is 0 Å². The van der Waals surface area contributed by atoms with Crippen LogP contribution in [0.4, 0.5) is 0 Å². The van der Waals surface area contributed by atoms with Gasteiger partial charge in [-0.2, -0.15) is 0 Å². The lowest BCUT2D eigenvalue weighted by Crippen LogP contribution is -2.12. The van der Waals surface area contributed by atoms with Gasteiger partial charge in [-0.15, -0.1) is 0 Å². The van der Waals surface area contributed by atoms with Crippen molar-refractivity contribution in [3.63, 3.8) is 0 Å². The average Bonchev–Trinajstić information content (AvgIpc) is 3.09. The molecule has 0 spiro atoms. The molecule has 0 N–H and O–H groups in total. The van der Waals surface area contributed by atoms with Crippen molar-refractivity contribution in [2.75, 3.05) is 7.11 Å². The van der Waals surface area contributed by atoms with Gasteiger partial charge in [-0.25, -0.2) is 0 Å². The molecule has 0 amide bonds. The molecule has 0 unspecified atom stereocenters. The number of aryl methyl sites for hydroxylation is 2. The highest BCUT2D eigenvalue weighted by Crippen LogP contribution is 2.35. The Hall–Kier alpha value is -1.30. The summed E-state index contributed by atoms with van der Waals surface area (Å²) in [6.07, 6.45) is 10.9. The summed E-state index contributed by atoms with van der Waals surface area (Å²) in [5.41, 5.74) is 2.63. The van der Waals surface area contributed by atoms with Crippen molar-refractivity contribution < 1.29 is 9.47 Å². The van der Waals surface area contributed by atoms with Crippen LogP contribution < -0.4 is 9.47 Å². The summed E-state index contributed by atoms with van der Waals surface area (Å²) in [6, 6.07) is 8.41. The lowest BCUT2D eigenvalue weighted by molar-refractivity contribution is 0.200. The first-order valence-electron chi connectivity index (χ1n) is 8.18. The largest absolute Gasteiger partial charge is 0.493 e. The number of ether oxygens (including phenoxy) is 2. The Kier molecular flexibility index (Phi) is 5.75. The van der Waals surface area contributed by atoms with Gasteiger partial charge in [0.2, 0.25) is 0 Å². The van der Waals surface area contributed by atoms with Crippen LogP contribution in [-0.2, 0) is 12.8 Å². The predicted octanol–water partition coefficient (Wildman–Crippen LogP) is 4.80.